The monoisotopic (exact) mass is 317 g/mol. The molecule has 0 bridgehead atoms. The Hall–Kier alpha value is -1.98. The number of benzene rings is 1. The van der Waals surface area contributed by atoms with Crippen LogP contribution < -0.4 is 5.73 Å². The van der Waals surface area contributed by atoms with Crippen molar-refractivity contribution in [2.75, 3.05) is 5.73 Å². The van der Waals surface area contributed by atoms with E-state index in [9.17, 15) is 0 Å². The first-order valence-electron chi connectivity index (χ1n) is 6.26. The Balaban J connectivity index is 1.67. The van der Waals surface area contributed by atoms with Crippen molar-refractivity contribution in [2.45, 2.75) is 10.8 Å². The van der Waals surface area contributed by atoms with Crippen LogP contribution in [-0.2, 0) is 5.75 Å². The lowest BCUT2D eigenvalue weighted by Crippen LogP contribution is -1.87. The predicted octanol–water partition coefficient (Wildman–Crippen LogP) is 4.26. The van der Waals surface area contributed by atoms with Gasteiger partial charge in [-0.3, -0.25) is 0 Å². The Morgan fingerprint density at radius 2 is 1.86 bits per heavy atom. The van der Waals surface area contributed by atoms with Crippen LogP contribution in [0.2, 0.25) is 5.02 Å². The zero-order valence-corrected chi connectivity index (χ0v) is 12.6. The first kappa shape index (κ1) is 14.0. The van der Waals surface area contributed by atoms with E-state index in [0.717, 1.165) is 16.3 Å². The Morgan fingerprint density at radius 1 is 1.05 bits per heavy atom. The van der Waals surface area contributed by atoms with Gasteiger partial charge in [0.05, 0.1) is 28.9 Å². The summed E-state index contributed by atoms with van der Waals surface area (Å²) in [7, 11) is 0. The minimum Gasteiger partial charge on any atom is -0.440 e. The summed E-state index contributed by atoms with van der Waals surface area (Å²) >= 11 is 7.42. The average molecular weight is 318 g/mol. The summed E-state index contributed by atoms with van der Waals surface area (Å²) in [6.45, 7) is 0. The summed E-state index contributed by atoms with van der Waals surface area (Å²) in [5.41, 5.74) is 7.21. The molecule has 1 aromatic carbocycles. The van der Waals surface area contributed by atoms with E-state index in [4.69, 9.17) is 21.8 Å². The van der Waals surface area contributed by atoms with Gasteiger partial charge in [-0.15, -0.1) is 0 Å². The number of nitrogen functional groups attached to an aromatic ring is 1. The lowest BCUT2D eigenvalue weighted by Gasteiger charge is -1.99. The molecule has 0 amide bonds. The van der Waals surface area contributed by atoms with Gasteiger partial charge >= 0.3 is 0 Å². The van der Waals surface area contributed by atoms with E-state index in [-0.39, 0.29) is 0 Å². The zero-order chi connectivity index (χ0) is 14.7. The number of nitrogens with zero attached hydrogens (tertiary/aromatic N) is 2. The topological polar surface area (TPSA) is 64.9 Å². The molecule has 4 nitrogen and oxygen atoms in total. The molecule has 0 saturated heterocycles. The smallest absolute Gasteiger partial charge is 0.205 e. The van der Waals surface area contributed by atoms with Crippen molar-refractivity contribution < 1.29 is 4.42 Å². The molecular formula is C15H12ClN3OS. The van der Waals surface area contributed by atoms with E-state index in [2.05, 4.69) is 9.97 Å². The van der Waals surface area contributed by atoms with Crippen LogP contribution in [0.3, 0.4) is 0 Å². The van der Waals surface area contributed by atoms with Crippen molar-refractivity contribution in [3.05, 3.63) is 59.7 Å². The number of anilines is 1. The number of hydrogen-bond acceptors (Lipinski definition) is 5. The number of thioether (sulfide) groups is 1. The Kier molecular flexibility index (Phi) is 4.13. The second-order valence-electron chi connectivity index (χ2n) is 4.34. The second-order valence-corrected chi connectivity index (χ2v) is 5.78. The van der Waals surface area contributed by atoms with Gasteiger partial charge in [-0.05, 0) is 36.4 Å². The van der Waals surface area contributed by atoms with Gasteiger partial charge in [-0.25, -0.2) is 9.97 Å². The molecule has 3 rings (SSSR count). The fraction of sp³-hybridized carbons (Fsp3) is 0.0667. The van der Waals surface area contributed by atoms with Gasteiger partial charge in [0.25, 0.3) is 0 Å². The van der Waals surface area contributed by atoms with Crippen LogP contribution in [0.25, 0.3) is 11.3 Å². The average Bonchev–Trinajstić information content (AvgIpc) is 2.96. The van der Waals surface area contributed by atoms with Gasteiger partial charge in [0, 0.05) is 10.6 Å². The standard InChI is InChI=1S/C15H12ClN3OS/c16-11-3-1-10(2-4-11)13-8-18-14(20-13)9-21-15-6-5-12(17)7-19-15/h1-8H,9,17H2. The van der Waals surface area contributed by atoms with Gasteiger partial charge in [0.2, 0.25) is 5.89 Å². The molecule has 0 atom stereocenters. The van der Waals surface area contributed by atoms with E-state index in [1.807, 2.05) is 36.4 Å². The highest BCUT2D eigenvalue weighted by atomic mass is 35.5. The lowest BCUT2D eigenvalue weighted by atomic mass is 10.2. The molecule has 2 heterocycles. The number of aromatic nitrogens is 2. The van der Waals surface area contributed by atoms with Crippen LogP contribution in [0, 0.1) is 0 Å². The van der Waals surface area contributed by atoms with E-state index < -0.39 is 0 Å². The SMILES string of the molecule is Nc1ccc(SCc2ncc(-c3ccc(Cl)cc3)o2)nc1. The van der Waals surface area contributed by atoms with Crippen molar-refractivity contribution in [3.8, 4) is 11.3 Å². The summed E-state index contributed by atoms with van der Waals surface area (Å²) < 4.78 is 5.73. The molecule has 0 aliphatic heterocycles. The van der Waals surface area contributed by atoms with Gasteiger partial charge in [-0.2, -0.15) is 0 Å². The summed E-state index contributed by atoms with van der Waals surface area (Å²) in [5, 5.41) is 1.58. The summed E-state index contributed by atoms with van der Waals surface area (Å²) in [6.07, 6.45) is 3.35. The number of hydrogen-bond donors (Lipinski definition) is 1. The second kappa shape index (κ2) is 6.20. The Bertz CT molecular complexity index is 725. The van der Waals surface area contributed by atoms with E-state index >= 15 is 0 Å². The van der Waals surface area contributed by atoms with Crippen molar-refractivity contribution in [1.82, 2.24) is 9.97 Å². The van der Waals surface area contributed by atoms with Gasteiger partial charge in [0.15, 0.2) is 5.76 Å². The quantitative estimate of drug-likeness (QED) is 0.728. The molecule has 6 heteroatoms. The maximum absolute atomic E-state index is 5.87. The van der Waals surface area contributed by atoms with Crippen LogP contribution in [0.1, 0.15) is 5.89 Å². The first-order chi connectivity index (χ1) is 10.2. The third-order valence-corrected chi connectivity index (χ3v) is 3.97. The van der Waals surface area contributed by atoms with Crippen molar-refractivity contribution in [3.63, 3.8) is 0 Å². The Morgan fingerprint density at radius 3 is 2.57 bits per heavy atom. The van der Waals surface area contributed by atoms with Crippen LogP contribution in [0.4, 0.5) is 5.69 Å². The molecule has 2 aromatic heterocycles. The van der Waals surface area contributed by atoms with Gasteiger partial charge in [0.1, 0.15) is 0 Å². The molecular weight excluding hydrogens is 306 g/mol. The minimum atomic E-state index is 0.616. The first-order valence-corrected chi connectivity index (χ1v) is 7.62. The van der Waals surface area contributed by atoms with Crippen LogP contribution in [-0.4, -0.2) is 9.97 Å². The van der Waals surface area contributed by atoms with Crippen molar-refractivity contribution in [1.29, 1.82) is 0 Å². The number of nitrogens with two attached hydrogens (primary N) is 1. The van der Waals surface area contributed by atoms with Crippen LogP contribution >= 0.6 is 23.4 Å². The number of oxazole rings is 1. The third kappa shape index (κ3) is 3.56. The summed E-state index contributed by atoms with van der Waals surface area (Å²) in [5.74, 6) is 2.00. The van der Waals surface area contributed by atoms with Crippen molar-refractivity contribution in [2.24, 2.45) is 0 Å². The molecule has 3 aromatic rings. The van der Waals surface area contributed by atoms with E-state index in [1.165, 1.54) is 0 Å². The largest absolute Gasteiger partial charge is 0.440 e. The maximum Gasteiger partial charge on any atom is 0.205 e. The summed E-state index contributed by atoms with van der Waals surface area (Å²) in [6, 6.07) is 11.2. The van der Waals surface area contributed by atoms with Gasteiger partial charge < -0.3 is 10.2 Å². The lowest BCUT2D eigenvalue weighted by molar-refractivity contribution is 0.530. The maximum atomic E-state index is 5.87. The van der Waals surface area contributed by atoms with E-state index in [1.54, 1.807) is 24.2 Å². The molecule has 0 aliphatic carbocycles. The highest BCUT2D eigenvalue weighted by Crippen LogP contribution is 2.26. The molecule has 0 spiro atoms. The molecule has 106 valence electrons. The number of pyridine rings is 1. The normalized spacial score (nSPS) is 10.7. The molecule has 0 radical (unpaired) electrons. The minimum absolute atomic E-state index is 0.616. The number of rotatable bonds is 4. The predicted molar refractivity (Wildman–Crippen MR) is 85.2 cm³/mol. The van der Waals surface area contributed by atoms with Crippen LogP contribution in [0.15, 0.2) is 58.2 Å². The Labute approximate surface area is 131 Å². The fourth-order valence-electron chi connectivity index (χ4n) is 1.74. The zero-order valence-electron chi connectivity index (χ0n) is 11.0. The van der Waals surface area contributed by atoms with Gasteiger partial charge in [-0.1, -0.05) is 23.4 Å². The highest BCUT2D eigenvalue weighted by molar-refractivity contribution is 7.98. The molecule has 2 N–H and O–H groups in total. The molecule has 21 heavy (non-hydrogen) atoms. The molecule has 0 aliphatic rings. The van der Waals surface area contributed by atoms with E-state index in [0.29, 0.717) is 22.4 Å². The van der Waals surface area contributed by atoms with Crippen LogP contribution in [0.5, 0.6) is 0 Å². The molecule has 0 fully saturated rings. The fourth-order valence-corrected chi connectivity index (χ4v) is 2.56. The number of halogens is 1. The molecule has 0 saturated carbocycles. The third-order valence-electron chi connectivity index (χ3n) is 2.79. The highest BCUT2D eigenvalue weighted by Gasteiger charge is 2.07. The molecule has 0 unspecified atom stereocenters. The summed E-state index contributed by atoms with van der Waals surface area (Å²) in [4.78, 5) is 8.50. The van der Waals surface area contributed by atoms with Crippen molar-refractivity contribution >= 4 is 29.1 Å².